The topological polar surface area (TPSA) is 92.0 Å². The normalized spacial score (nSPS) is 31.2. The molecule has 0 radical (unpaired) electrons. The second-order valence-electron chi connectivity index (χ2n) is 8.77. The van der Waals surface area contributed by atoms with Crippen molar-refractivity contribution in [2.45, 2.75) is 12.5 Å². The summed E-state index contributed by atoms with van der Waals surface area (Å²) in [5.74, 6) is -1.78. The molecule has 2 aliphatic carbocycles. The number of ether oxygens (including phenoxy) is 1. The lowest BCUT2D eigenvalue weighted by atomic mass is 9.71. The number of anilines is 1. The number of carbonyl (C=O) groups excluding carboxylic acids is 2. The van der Waals surface area contributed by atoms with Crippen molar-refractivity contribution < 1.29 is 23.6 Å². The van der Waals surface area contributed by atoms with Gasteiger partial charge in [0, 0.05) is 17.4 Å². The van der Waals surface area contributed by atoms with Crippen LogP contribution < -0.4 is 9.64 Å². The molecule has 4 aliphatic rings. The molecule has 166 valence electrons. The summed E-state index contributed by atoms with van der Waals surface area (Å²) in [7, 11) is 0. The zero-order chi connectivity index (χ0) is 22.9. The highest BCUT2D eigenvalue weighted by atomic mass is 35.5. The molecule has 9 heteroatoms. The number of rotatable bonds is 4. The van der Waals surface area contributed by atoms with Crippen molar-refractivity contribution in [3.8, 4) is 11.8 Å². The van der Waals surface area contributed by atoms with Crippen LogP contribution in [0.4, 0.5) is 10.1 Å². The van der Waals surface area contributed by atoms with Crippen molar-refractivity contribution in [2.75, 3.05) is 11.5 Å². The van der Waals surface area contributed by atoms with Gasteiger partial charge in [-0.3, -0.25) is 9.59 Å². The van der Waals surface area contributed by atoms with E-state index in [1.54, 1.807) is 12.1 Å². The Morgan fingerprint density at radius 2 is 1.85 bits per heavy atom. The average Bonchev–Trinajstić information content (AvgIpc) is 3.55. The monoisotopic (exact) mass is 465 g/mol. The molecule has 2 aliphatic heterocycles. The fraction of sp³-hybridized carbons (Fsp3) is 0.333. The number of halogens is 2. The first-order valence-electron chi connectivity index (χ1n) is 10.7. The predicted molar refractivity (Wildman–Crippen MR) is 115 cm³/mol. The van der Waals surface area contributed by atoms with E-state index in [0.29, 0.717) is 5.75 Å². The third-order valence-corrected chi connectivity index (χ3v) is 7.60. The average molecular weight is 466 g/mol. The Hall–Kier alpha value is -3.44. The van der Waals surface area contributed by atoms with Crippen molar-refractivity contribution in [3.63, 3.8) is 0 Å². The molecule has 0 aromatic heterocycles. The van der Waals surface area contributed by atoms with Gasteiger partial charge in [-0.05, 0) is 54.8 Å². The van der Waals surface area contributed by atoms with Gasteiger partial charge >= 0.3 is 0 Å². The highest BCUT2D eigenvalue weighted by Gasteiger charge is 2.70. The van der Waals surface area contributed by atoms with E-state index in [9.17, 15) is 14.0 Å². The maximum atomic E-state index is 13.6. The highest BCUT2D eigenvalue weighted by molar-refractivity contribution is 6.31. The number of nitriles is 1. The third kappa shape index (κ3) is 2.82. The van der Waals surface area contributed by atoms with Crippen molar-refractivity contribution >= 4 is 34.8 Å². The van der Waals surface area contributed by atoms with E-state index >= 15 is 0 Å². The number of fused-ring (bicyclic) bond motifs is 8. The highest BCUT2D eigenvalue weighted by Crippen LogP contribution is 2.62. The summed E-state index contributed by atoms with van der Waals surface area (Å²) < 4.78 is 18.9. The number of hydrogen-bond donors (Lipinski definition) is 0. The molecular weight excluding hydrogens is 449 g/mol. The molecule has 3 fully saturated rings. The second-order valence-corrected chi connectivity index (χ2v) is 9.18. The molecule has 0 unspecified atom stereocenters. The lowest BCUT2D eigenvalue weighted by molar-refractivity contribution is -0.125. The van der Waals surface area contributed by atoms with Crippen LogP contribution in [0.5, 0.6) is 5.75 Å². The standard InChI is InChI=1S/C24H17ClFN3O4/c25-16-9-12(3-6-17(16)26)29-23(30)18-14-10-15(19(18)24(29)31)22-20(14)21(28-33-22)11-1-4-13(5-2-11)32-8-7-27/h1-6,9,14-15,18-20,22H,8,10H2/t14-,15+,18-,19+,20-,22-/m1/s1. The number of carbonyl (C=O) groups is 2. The molecule has 2 saturated carbocycles. The Labute approximate surface area is 193 Å². The van der Waals surface area contributed by atoms with Crippen LogP contribution in [0.25, 0.3) is 0 Å². The molecule has 2 amide bonds. The van der Waals surface area contributed by atoms with Gasteiger partial charge in [0.2, 0.25) is 11.8 Å². The number of amides is 2. The summed E-state index contributed by atoms with van der Waals surface area (Å²) in [5.41, 5.74) is 1.91. The zero-order valence-corrected chi connectivity index (χ0v) is 17.9. The van der Waals surface area contributed by atoms with E-state index in [1.807, 2.05) is 18.2 Å². The van der Waals surface area contributed by atoms with E-state index in [1.165, 1.54) is 12.1 Å². The third-order valence-electron chi connectivity index (χ3n) is 7.31. The van der Waals surface area contributed by atoms with E-state index in [2.05, 4.69) is 5.16 Å². The van der Waals surface area contributed by atoms with Crippen LogP contribution in [-0.2, 0) is 14.4 Å². The molecule has 6 atom stereocenters. The van der Waals surface area contributed by atoms with Gasteiger partial charge in [0.1, 0.15) is 23.7 Å². The Balaban J connectivity index is 1.28. The molecule has 2 aromatic rings. The number of oxime groups is 1. The van der Waals surface area contributed by atoms with E-state index in [4.69, 9.17) is 26.4 Å². The smallest absolute Gasteiger partial charge is 0.238 e. The molecule has 6 rings (SSSR count). The SMILES string of the molecule is N#CCOc1ccc(C2=NO[C@@H]3[C@H]4C[C@H]([C@H]5C(=O)N(c6ccc(F)c(Cl)c6)C(=O)[C@@H]45)[C@H]23)cc1. The summed E-state index contributed by atoms with van der Waals surface area (Å²) in [6.45, 7) is -0.0349. The molecular formula is C24H17ClFN3O4. The molecule has 7 nitrogen and oxygen atoms in total. The summed E-state index contributed by atoms with van der Waals surface area (Å²) >= 11 is 5.90. The molecule has 0 spiro atoms. The molecule has 2 bridgehead atoms. The number of imide groups is 1. The largest absolute Gasteiger partial charge is 0.479 e. The van der Waals surface area contributed by atoms with E-state index in [0.717, 1.165) is 28.7 Å². The van der Waals surface area contributed by atoms with Crippen LogP contribution in [-0.4, -0.2) is 30.2 Å². The van der Waals surface area contributed by atoms with Crippen molar-refractivity contribution in [3.05, 3.63) is 58.9 Å². The fourth-order valence-electron chi connectivity index (χ4n) is 6.08. The zero-order valence-electron chi connectivity index (χ0n) is 17.2. The Morgan fingerprint density at radius 1 is 1.12 bits per heavy atom. The van der Waals surface area contributed by atoms with Crippen LogP contribution >= 0.6 is 11.6 Å². The van der Waals surface area contributed by atoms with E-state index < -0.39 is 17.7 Å². The van der Waals surface area contributed by atoms with Gasteiger partial charge in [-0.15, -0.1) is 0 Å². The van der Waals surface area contributed by atoms with Crippen LogP contribution in [0.2, 0.25) is 5.02 Å². The lowest BCUT2D eigenvalue weighted by Crippen LogP contribution is -2.41. The second kappa shape index (κ2) is 7.29. The first-order chi connectivity index (χ1) is 16.0. The minimum Gasteiger partial charge on any atom is -0.479 e. The van der Waals surface area contributed by atoms with Gasteiger partial charge < -0.3 is 9.57 Å². The van der Waals surface area contributed by atoms with Crippen LogP contribution in [0.15, 0.2) is 47.6 Å². The Morgan fingerprint density at radius 3 is 2.55 bits per heavy atom. The van der Waals surface area contributed by atoms with Crippen molar-refractivity contribution in [1.82, 2.24) is 0 Å². The summed E-state index contributed by atoms with van der Waals surface area (Å²) in [5, 5.41) is 12.9. The number of nitrogens with zero attached hydrogens (tertiary/aromatic N) is 3. The minimum absolute atomic E-state index is 0.0349. The van der Waals surface area contributed by atoms with Gasteiger partial charge in [-0.2, -0.15) is 5.26 Å². The molecule has 33 heavy (non-hydrogen) atoms. The minimum atomic E-state index is -0.604. The van der Waals surface area contributed by atoms with Gasteiger partial charge in [0.15, 0.2) is 6.61 Å². The summed E-state index contributed by atoms with van der Waals surface area (Å²) in [4.78, 5) is 33.6. The summed E-state index contributed by atoms with van der Waals surface area (Å²) in [6, 6.07) is 13.1. The molecule has 0 N–H and O–H groups in total. The fourth-order valence-corrected chi connectivity index (χ4v) is 6.26. The van der Waals surface area contributed by atoms with Gasteiger partial charge in [-0.1, -0.05) is 16.8 Å². The number of hydrogen-bond acceptors (Lipinski definition) is 6. The van der Waals surface area contributed by atoms with Crippen molar-refractivity contribution in [1.29, 1.82) is 5.26 Å². The van der Waals surface area contributed by atoms with Crippen LogP contribution in [0.3, 0.4) is 0 Å². The summed E-state index contributed by atoms with van der Waals surface area (Å²) in [6.07, 6.45) is 0.469. The van der Waals surface area contributed by atoms with Gasteiger partial charge in [0.05, 0.1) is 28.3 Å². The van der Waals surface area contributed by atoms with E-state index in [-0.39, 0.29) is 53.0 Å². The predicted octanol–water partition coefficient (Wildman–Crippen LogP) is 3.56. The van der Waals surface area contributed by atoms with Gasteiger partial charge in [0.25, 0.3) is 0 Å². The Bertz CT molecular complexity index is 1260. The van der Waals surface area contributed by atoms with Crippen molar-refractivity contribution in [2.24, 2.45) is 34.7 Å². The maximum absolute atomic E-state index is 13.6. The first kappa shape index (κ1) is 20.2. The molecule has 2 aromatic carbocycles. The van der Waals surface area contributed by atoms with Crippen LogP contribution in [0, 0.1) is 46.7 Å². The van der Waals surface area contributed by atoms with Gasteiger partial charge in [-0.25, -0.2) is 9.29 Å². The molecule has 1 saturated heterocycles. The number of benzene rings is 2. The Kier molecular flexibility index (Phi) is 4.46. The van der Waals surface area contributed by atoms with Crippen LogP contribution in [0.1, 0.15) is 12.0 Å². The molecule has 2 heterocycles. The lowest BCUT2D eigenvalue weighted by Gasteiger charge is -2.29. The maximum Gasteiger partial charge on any atom is 0.238 e. The quantitative estimate of drug-likeness (QED) is 0.644. The first-order valence-corrected chi connectivity index (χ1v) is 11.0.